The molecule has 0 N–H and O–H groups in total. The Labute approximate surface area is 163 Å². The maximum atomic E-state index is 10.8. The predicted octanol–water partition coefficient (Wildman–Crippen LogP) is 3.82. The van der Waals surface area contributed by atoms with E-state index in [0.29, 0.717) is 25.7 Å². The van der Waals surface area contributed by atoms with E-state index in [1.54, 1.807) is 0 Å². The highest BCUT2D eigenvalue weighted by atomic mass is 16.7. The lowest BCUT2D eigenvalue weighted by molar-refractivity contribution is -0.970. The third-order valence-corrected chi connectivity index (χ3v) is 4.10. The zero-order valence-corrected chi connectivity index (χ0v) is 15.8. The standard InChI is InChI=1S/C18H26N3O7/c22-17-15-13-11-9-7-5-3-1-2-4-6-8-10-12-14-16-18(19(23)24,20(25)26)21(27)28/h1-2H,3-5,7,9-16H2. The number of hydrogen-bond donors (Lipinski definition) is 0. The predicted molar refractivity (Wildman–Crippen MR) is 102 cm³/mol. The molecule has 0 aromatic carbocycles. The van der Waals surface area contributed by atoms with E-state index in [1.807, 2.05) is 18.4 Å². The van der Waals surface area contributed by atoms with Crippen LogP contribution in [0.5, 0.6) is 0 Å². The summed E-state index contributed by atoms with van der Waals surface area (Å²) in [5.74, 6) is 2.38. The van der Waals surface area contributed by atoms with E-state index in [2.05, 4.69) is 11.8 Å². The smallest absolute Gasteiger partial charge is 0.291 e. The molecule has 0 atom stereocenters. The first-order chi connectivity index (χ1) is 13.4. The SMILES string of the molecule is O=[C]CCCCCCCC=CCC#CCCCCC([N+](=O)[O-])([N+](=O)[O-])[N+](=O)[O-]. The zero-order chi connectivity index (χ0) is 21.3. The van der Waals surface area contributed by atoms with Gasteiger partial charge in [0.15, 0.2) is 27.5 Å². The second-order valence-corrected chi connectivity index (χ2v) is 6.23. The first-order valence-corrected chi connectivity index (χ1v) is 9.28. The van der Waals surface area contributed by atoms with E-state index in [0.717, 1.165) is 38.5 Å². The molecule has 10 heteroatoms. The molecule has 0 saturated heterocycles. The summed E-state index contributed by atoms with van der Waals surface area (Å²) in [5, 5.41) is 32.3. The Bertz CT molecular complexity index is 572. The highest BCUT2D eigenvalue weighted by Crippen LogP contribution is 2.20. The number of carbonyl (C=O) groups excluding carboxylic acids is 1. The van der Waals surface area contributed by atoms with Gasteiger partial charge in [-0.1, -0.05) is 37.3 Å². The van der Waals surface area contributed by atoms with Crippen LogP contribution in [0.1, 0.15) is 77.0 Å². The normalized spacial score (nSPS) is 11.0. The van der Waals surface area contributed by atoms with Gasteiger partial charge in [0, 0.05) is 19.3 Å². The minimum Gasteiger partial charge on any atom is -0.291 e. The summed E-state index contributed by atoms with van der Waals surface area (Å²) in [6.45, 7) is 0. The van der Waals surface area contributed by atoms with Crippen LogP contribution in [0.3, 0.4) is 0 Å². The summed E-state index contributed by atoms with van der Waals surface area (Å²) in [5.41, 5.74) is 0. The van der Waals surface area contributed by atoms with Gasteiger partial charge in [-0.15, -0.1) is 5.92 Å². The van der Waals surface area contributed by atoms with E-state index in [1.165, 1.54) is 0 Å². The average Bonchev–Trinajstić information content (AvgIpc) is 2.63. The van der Waals surface area contributed by atoms with Crippen molar-refractivity contribution in [2.24, 2.45) is 0 Å². The fourth-order valence-electron chi connectivity index (χ4n) is 2.46. The van der Waals surface area contributed by atoms with Crippen LogP contribution in [-0.2, 0) is 4.79 Å². The lowest BCUT2D eigenvalue weighted by Crippen LogP contribution is -2.53. The van der Waals surface area contributed by atoms with Gasteiger partial charge in [0.2, 0.25) is 0 Å². The Hall–Kier alpha value is -2.83. The maximum Gasteiger partial charge on any atom is 0.699 e. The van der Waals surface area contributed by atoms with Crippen LogP contribution < -0.4 is 0 Å². The third kappa shape index (κ3) is 9.75. The molecule has 0 aromatic rings. The lowest BCUT2D eigenvalue weighted by Gasteiger charge is -2.07. The van der Waals surface area contributed by atoms with Crippen LogP contribution in [0, 0.1) is 42.2 Å². The third-order valence-electron chi connectivity index (χ3n) is 4.10. The molecule has 0 aliphatic carbocycles. The van der Waals surface area contributed by atoms with Gasteiger partial charge in [-0.25, -0.2) is 0 Å². The highest BCUT2D eigenvalue weighted by Gasteiger charge is 2.69. The van der Waals surface area contributed by atoms with E-state index in [9.17, 15) is 35.1 Å². The molecule has 0 saturated carbocycles. The summed E-state index contributed by atoms with van der Waals surface area (Å²) < 4.78 is 0. The molecule has 0 unspecified atom stereocenters. The molecule has 0 amide bonds. The van der Waals surface area contributed by atoms with Crippen LogP contribution in [-0.4, -0.2) is 26.8 Å². The fourth-order valence-corrected chi connectivity index (χ4v) is 2.46. The van der Waals surface area contributed by atoms with Crippen LogP contribution in [0.2, 0.25) is 0 Å². The van der Waals surface area contributed by atoms with Crippen molar-refractivity contribution in [1.29, 1.82) is 0 Å². The summed E-state index contributed by atoms with van der Waals surface area (Å²) in [7, 11) is 0. The lowest BCUT2D eigenvalue weighted by atomic mass is 10.1. The van der Waals surface area contributed by atoms with E-state index >= 15 is 0 Å². The molecule has 0 spiro atoms. The van der Waals surface area contributed by atoms with Crippen molar-refractivity contribution < 1.29 is 19.6 Å². The Balaban J connectivity index is 3.90. The van der Waals surface area contributed by atoms with E-state index < -0.39 is 27.0 Å². The van der Waals surface area contributed by atoms with E-state index in [-0.39, 0.29) is 6.42 Å². The molecular formula is C18H26N3O7. The molecule has 0 aliphatic heterocycles. The summed E-state index contributed by atoms with van der Waals surface area (Å²) >= 11 is 0. The van der Waals surface area contributed by atoms with Crippen molar-refractivity contribution in [1.82, 2.24) is 0 Å². The van der Waals surface area contributed by atoms with Crippen molar-refractivity contribution in [3.63, 3.8) is 0 Å². The topological polar surface area (TPSA) is 146 Å². The number of unbranched alkanes of at least 4 members (excludes halogenated alkanes) is 8. The van der Waals surface area contributed by atoms with Gasteiger partial charge in [-0.05, 0) is 32.1 Å². The Kier molecular flexibility index (Phi) is 13.7. The molecule has 10 nitrogen and oxygen atoms in total. The van der Waals surface area contributed by atoms with Gasteiger partial charge in [-0.3, -0.25) is 35.1 Å². The quantitative estimate of drug-likeness (QED) is 0.0961. The molecule has 0 rings (SSSR count). The van der Waals surface area contributed by atoms with Gasteiger partial charge in [0.25, 0.3) is 0 Å². The minimum atomic E-state index is -3.37. The largest absolute Gasteiger partial charge is 0.699 e. The molecule has 0 aromatic heterocycles. The maximum absolute atomic E-state index is 10.8. The molecule has 0 bridgehead atoms. The Morgan fingerprint density at radius 3 is 1.89 bits per heavy atom. The van der Waals surface area contributed by atoms with Crippen LogP contribution in [0.4, 0.5) is 0 Å². The average molecular weight is 396 g/mol. The van der Waals surface area contributed by atoms with Gasteiger partial charge in [0.05, 0.1) is 0 Å². The van der Waals surface area contributed by atoms with E-state index in [4.69, 9.17) is 0 Å². The minimum absolute atomic E-state index is 0.0294. The summed E-state index contributed by atoms with van der Waals surface area (Å²) in [6.07, 6.45) is 13.1. The first kappa shape index (κ1) is 25.2. The second kappa shape index (κ2) is 15.2. The molecule has 155 valence electrons. The van der Waals surface area contributed by atoms with Gasteiger partial charge >= 0.3 is 5.79 Å². The van der Waals surface area contributed by atoms with Crippen LogP contribution >= 0.6 is 0 Å². The molecular weight excluding hydrogens is 370 g/mol. The zero-order valence-electron chi connectivity index (χ0n) is 15.8. The number of rotatable bonds is 16. The Morgan fingerprint density at radius 2 is 1.29 bits per heavy atom. The van der Waals surface area contributed by atoms with Crippen molar-refractivity contribution >= 4 is 6.29 Å². The van der Waals surface area contributed by atoms with Crippen molar-refractivity contribution in [3.8, 4) is 11.8 Å². The van der Waals surface area contributed by atoms with Gasteiger partial charge in [0.1, 0.15) is 0 Å². The number of hydrogen-bond acceptors (Lipinski definition) is 7. The molecule has 1 radical (unpaired) electrons. The Morgan fingerprint density at radius 1 is 0.714 bits per heavy atom. The van der Waals surface area contributed by atoms with Crippen LogP contribution in [0.15, 0.2) is 12.2 Å². The first-order valence-electron chi connectivity index (χ1n) is 9.28. The summed E-state index contributed by atoms with van der Waals surface area (Å²) in [6, 6.07) is 0. The van der Waals surface area contributed by atoms with Gasteiger partial charge < -0.3 is 0 Å². The van der Waals surface area contributed by atoms with Crippen molar-refractivity contribution in [3.05, 3.63) is 42.5 Å². The number of allylic oxidation sites excluding steroid dienone is 2. The molecule has 28 heavy (non-hydrogen) atoms. The van der Waals surface area contributed by atoms with Crippen molar-refractivity contribution in [2.45, 2.75) is 82.8 Å². The summed E-state index contributed by atoms with van der Waals surface area (Å²) in [4.78, 5) is 38.0. The highest BCUT2D eigenvalue weighted by molar-refractivity contribution is 5.50. The molecule has 0 aliphatic rings. The second-order valence-electron chi connectivity index (χ2n) is 6.23. The molecule has 0 fully saturated rings. The number of nitro groups is 3. The number of nitrogens with zero attached hydrogens (tertiary/aromatic N) is 3. The fraction of sp³-hybridized carbons (Fsp3) is 0.722. The molecule has 0 heterocycles. The van der Waals surface area contributed by atoms with Crippen molar-refractivity contribution in [2.75, 3.05) is 0 Å². The monoisotopic (exact) mass is 396 g/mol. The van der Waals surface area contributed by atoms with Gasteiger partial charge in [-0.2, -0.15) is 0 Å². The van der Waals surface area contributed by atoms with Crippen LogP contribution in [0.25, 0.3) is 0 Å².